The Labute approximate surface area is 112 Å². The Morgan fingerprint density at radius 2 is 1.67 bits per heavy atom. The summed E-state index contributed by atoms with van der Waals surface area (Å²) in [5, 5.41) is 3.55. The Bertz CT molecular complexity index is 394. The van der Waals surface area contributed by atoms with Crippen LogP contribution in [0.2, 0.25) is 0 Å². The van der Waals surface area contributed by atoms with Gasteiger partial charge in [-0.2, -0.15) is 0 Å². The number of nitrogens with one attached hydrogen (secondary N) is 1. The van der Waals surface area contributed by atoms with E-state index in [1.165, 1.54) is 22.3 Å². The van der Waals surface area contributed by atoms with Gasteiger partial charge in [0.1, 0.15) is 0 Å². The minimum atomic E-state index is 0.437. The zero-order valence-corrected chi connectivity index (χ0v) is 13.0. The first-order chi connectivity index (χ1) is 8.34. The van der Waals surface area contributed by atoms with Crippen molar-refractivity contribution < 1.29 is 0 Å². The molecule has 0 aliphatic heterocycles. The molecular formula is C16H28N2. The van der Waals surface area contributed by atoms with Crippen LogP contribution < -0.4 is 5.32 Å². The summed E-state index contributed by atoms with van der Waals surface area (Å²) in [5.74, 6) is 0. The molecular weight excluding hydrogens is 220 g/mol. The van der Waals surface area contributed by atoms with Crippen molar-refractivity contribution in [2.75, 3.05) is 20.6 Å². The minimum absolute atomic E-state index is 0.437. The van der Waals surface area contributed by atoms with Gasteiger partial charge in [0, 0.05) is 18.6 Å². The number of hydrogen-bond donors (Lipinski definition) is 1. The molecule has 1 rings (SSSR count). The summed E-state index contributed by atoms with van der Waals surface area (Å²) < 4.78 is 0. The standard InChI is InChI=1S/C16H28N2/c1-11(2)17-10-16(18(6)7)15-9-8-12(3)13(4)14(15)5/h8-9,11,16-17H,10H2,1-7H3. The van der Waals surface area contributed by atoms with E-state index in [-0.39, 0.29) is 0 Å². The van der Waals surface area contributed by atoms with Crippen LogP contribution in [0.5, 0.6) is 0 Å². The molecule has 0 saturated heterocycles. The van der Waals surface area contributed by atoms with Crippen LogP contribution in [0, 0.1) is 20.8 Å². The number of rotatable bonds is 5. The Morgan fingerprint density at radius 1 is 1.06 bits per heavy atom. The summed E-state index contributed by atoms with van der Waals surface area (Å²) in [6, 6.07) is 5.49. The normalized spacial score (nSPS) is 13.4. The second-order valence-corrected chi connectivity index (χ2v) is 5.76. The van der Waals surface area contributed by atoms with Crippen molar-refractivity contribution in [2.24, 2.45) is 0 Å². The second kappa shape index (κ2) is 6.35. The Balaban J connectivity index is 3.03. The van der Waals surface area contributed by atoms with E-state index in [4.69, 9.17) is 0 Å². The highest BCUT2D eigenvalue weighted by molar-refractivity contribution is 5.40. The van der Waals surface area contributed by atoms with Crippen LogP contribution in [0.25, 0.3) is 0 Å². The molecule has 1 unspecified atom stereocenters. The predicted molar refractivity (Wildman–Crippen MR) is 80.2 cm³/mol. The maximum Gasteiger partial charge on any atom is 0.0469 e. The third-order valence-electron chi connectivity index (χ3n) is 3.80. The highest BCUT2D eigenvalue weighted by Crippen LogP contribution is 2.25. The maximum atomic E-state index is 3.55. The van der Waals surface area contributed by atoms with Crippen LogP contribution in [-0.2, 0) is 0 Å². The molecule has 0 aliphatic carbocycles. The highest BCUT2D eigenvalue weighted by atomic mass is 15.1. The first-order valence-corrected chi connectivity index (χ1v) is 6.81. The predicted octanol–water partition coefficient (Wildman–Crippen LogP) is 3.21. The van der Waals surface area contributed by atoms with Gasteiger partial charge in [0.05, 0.1) is 0 Å². The van der Waals surface area contributed by atoms with Crippen LogP contribution in [0.4, 0.5) is 0 Å². The van der Waals surface area contributed by atoms with Crippen molar-refractivity contribution in [3.8, 4) is 0 Å². The van der Waals surface area contributed by atoms with Gasteiger partial charge in [0.15, 0.2) is 0 Å². The molecule has 0 aromatic heterocycles. The summed E-state index contributed by atoms with van der Waals surface area (Å²) in [6.45, 7) is 12.0. The summed E-state index contributed by atoms with van der Waals surface area (Å²) in [7, 11) is 4.31. The van der Waals surface area contributed by atoms with Crippen molar-refractivity contribution in [2.45, 2.75) is 46.7 Å². The molecule has 2 nitrogen and oxygen atoms in total. The molecule has 2 heteroatoms. The molecule has 1 aromatic rings. The molecule has 0 amide bonds. The van der Waals surface area contributed by atoms with Gasteiger partial charge in [-0.05, 0) is 57.1 Å². The average molecular weight is 248 g/mol. The van der Waals surface area contributed by atoms with Crippen LogP contribution >= 0.6 is 0 Å². The van der Waals surface area contributed by atoms with E-state index in [2.05, 4.69) is 71.1 Å². The van der Waals surface area contributed by atoms with Gasteiger partial charge >= 0.3 is 0 Å². The lowest BCUT2D eigenvalue weighted by atomic mass is 9.93. The smallest absolute Gasteiger partial charge is 0.0469 e. The van der Waals surface area contributed by atoms with E-state index in [1.54, 1.807) is 0 Å². The fraction of sp³-hybridized carbons (Fsp3) is 0.625. The molecule has 1 N–H and O–H groups in total. The Morgan fingerprint density at radius 3 is 2.17 bits per heavy atom. The largest absolute Gasteiger partial charge is 0.313 e. The van der Waals surface area contributed by atoms with E-state index in [9.17, 15) is 0 Å². The topological polar surface area (TPSA) is 15.3 Å². The first-order valence-electron chi connectivity index (χ1n) is 6.81. The van der Waals surface area contributed by atoms with Crippen LogP contribution in [-0.4, -0.2) is 31.6 Å². The molecule has 1 aromatic carbocycles. The van der Waals surface area contributed by atoms with Crippen molar-refractivity contribution >= 4 is 0 Å². The van der Waals surface area contributed by atoms with Crippen LogP contribution in [0.3, 0.4) is 0 Å². The third-order valence-corrected chi connectivity index (χ3v) is 3.80. The van der Waals surface area contributed by atoms with Gasteiger partial charge in [-0.15, -0.1) is 0 Å². The number of nitrogens with zero attached hydrogens (tertiary/aromatic N) is 1. The SMILES string of the molecule is Cc1ccc(C(CNC(C)C)N(C)C)c(C)c1C. The summed E-state index contributed by atoms with van der Waals surface area (Å²) in [5.41, 5.74) is 5.67. The zero-order valence-electron chi connectivity index (χ0n) is 13.0. The molecule has 0 bridgehead atoms. The number of hydrogen-bond acceptors (Lipinski definition) is 2. The fourth-order valence-electron chi connectivity index (χ4n) is 2.26. The van der Waals surface area contributed by atoms with Gasteiger partial charge in [-0.3, -0.25) is 0 Å². The Kier molecular flexibility index (Phi) is 5.36. The maximum absolute atomic E-state index is 3.55. The molecule has 0 radical (unpaired) electrons. The number of aryl methyl sites for hydroxylation is 1. The molecule has 0 saturated carbocycles. The van der Waals surface area contributed by atoms with E-state index in [1.807, 2.05) is 0 Å². The Hall–Kier alpha value is -0.860. The lowest BCUT2D eigenvalue weighted by molar-refractivity contribution is 0.282. The molecule has 0 aliphatic rings. The van der Waals surface area contributed by atoms with Crippen LogP contribution in [0.1, 0.15) is 42.1 Å². The summed E-state index contributed by atoms with van der Waals surface area (Å²) in [4.78, 5) is 2.30. The number of benzene rings is 1. The van der Waals surface area contributed by atoms with E-state index >= 15 is 0 Å². The molecule has 18 heavy (non-hydrogen) atoms. The lowest BCUT2D eigenvalue weighted by Crippen LogP contribution is -2.34. The summed E-state index contributed by atoms with van der Waals surface area (Å²) in [6.07, 6.45) is 0. The fourth-order valence-corrected chi connectivity index (χ4v) is 2.26. The van der Waals surface area contributed by atoms with Crippen LogP contribution in [0.15, 0.2) is 12.1 Å². The average Bonchev–Trinajstić information content (AvgIpc) is 2.28. The monoisotopic (exact) mass is 248 g/mol. The third kappa shape index (κ3) is 3.56. The second-order valence-electron chi connectivity index (χ2n) is 5.76. The van der Waals surface area contributed by atoms with Gasteiger partial charge in [-0.1, -0.05) is 26.0 Å². The summed E-state index contributed by atoms with van der Waals surface area (Å²) >= 11 is 0. The quantitative estimate of drug-likeness (QED) is 0.861. The first kappa shape index (κ1) is 15.2. The van der Waals surface area contributed by atoms with Crippen molar-refractivity contribution in [1.29, 1.82) is 0 Å². The zero-order chi connectivity index (χ0) is 13.9. The molecule has 102 valence electrons. The van der Waals surface area contributed by atoms with Gasteiger partial charge in [0.25, 0.3) is 0 Å². The van der Waals surface area contributed by atoms with Crippen molar-refractivity contribution in [3.05, 3.63) is 34.4 Å². The molecule has 0 fully saturated rings. The van der Waals surface area contributed by atoms with Gasteiger partial charge in [0.2, 0.25) is 0 Å². The minimum Gasteiger partial charge on any atom is -0.313 e. The van der Waals surface area contributed by atoms with Gasteiger partial charge in [-0.25, -0.2) is 0 Å². The molecule has 0 heterocycles. The van der Waals surface area contributed by atoms with E-state index in [0.717, 1.165) is 6.54 Å². The van der Waals surface area contributed by atoms with Crippen molar-refractivity contribution in [1.82, 2.24) is 10.2 Å². The van der Waals surface area contributed by atoms with E-state index in [0.29, 0.717) is 12.1 Å². The molecule has 1 atom stereocenters. The van der Waals surface area contributed by atoms with Gasteiger partial charge < -0.3 is 10.2 Å². The van der Waals surface area contributed by atoms with E-state index < -0.39 is 0 Å². The number of likely N-dealkylation sites (N-methyl/N-ethyl adjacent to an activating group) is 1. The molecule has 0 spiro atoms. The lowest BCUT2D eigenvalue weighted by Gasteiger charge is -2.28. The highest BCUT2D eigenvalue weighted by Gasteiger charge is 2.17. The van der Waals surface area contributed by atoms with Crippen molar-refractivity contribution in [3.63, 3.8) is 0 Å².